The Hall–Kier alpha value is -1.88. The zero-order valence-corrected chi connectivity index (χ0v) is 20.0. The molecule has 2 atom stereocenters. The zero-order chi connectivity index (χ0) is 24.1. The fraction of sp³-hybridized carbons (Fsp3) is 0.538. The van der Waals surface area contributed by atoms with Gasteiger partial charge in [-0.1, -0.05) is 60.7 Å². The average molecular weight is 477 g/mol. The van der Waals surface area contributed by atoms with Crippen molar-refractivity contribution in [3.8, 4) is 0 Å². The van der Waals surface area contributed by atoms with Crippen LogP contribution in [0.3, 0.4) is 0 Å². The topological polar surface area (TPSA) is 107 Å². The van der Waals surface area contributed by atoms with Crippen LogP contribution in [-0.4, -0.2) is 78.2 Å². The summed E-state index contributed by atoms with van der Waals surface area (Å²) in [5.41, 5.74) is 13.2. The van der Waals surface area contributed by atoms with E-state index in [1.165, 1.54) is 0 Å². The van der Waals surface area contributed by atoms with Gasteiger partial charge in [0.1, 0.15) is 12.2 Å². The highest BCUT2D eigenvalue weighted by Gasteiger charge is 2.24. The molecule has 0 unspecified atom stereocenters. The summed E-state index contributed by atoms with van der Waals surface area (Å²) >= 11 is 0. The highest BCUT2D eigenvalue weighted by Crippen LogP contribution is 2.11. The lowest BCUT2D eigenvalue weighted by atomic mass is 10.2. The zero-order valence-electron chi connectivity index (χ0n) is 20.0. The Morgan fingerprint density at radius 3 is 1.29 bits per heavy atom. The van der Waals surface area contributed by atoms with Crippen molar-refractivity contribution < 1.29 is 28.4 Å². The van der Waals surface area contributed by atoms with Crippen LogP contribution < -0.4 is 11.5 Å². The van der Waals surface area contributed by atoms with Crippen LogP contribution in [0.1, 0.15) is 11.1 Å². The molecule has 0 aromatic heterocycles. The molecule has 8 nitrogen and oxygen atoms in total. The van der Waals surface area contributed by atoms with Crippen LogP contribution in [0.25, 0.3) is 0 Å². The number of hydrogen-bond donors (Lipinski definition) is 2. The molecule has 0 bridgehead atoms. The van der Waals surface area contributed by atoms with Gasteiger partial charge in [0, 0.05) is 13.1 Å². The molecular weight excluding hydrogens is 436 g/mol. The lowest BCUT2D eigenvalue weighted by Crippen LogP contribution is -2.40. The van der Waals surface area contributed by atoms with Gasteiger partial charge in [0.25, 0.3) is 0 Å². The first-order chi connectivity index (χ1) is 16.8. The van der Waals surface area contributed by atoms with E-state index in [0.717, 1.165) is 11.1 Å². The van der Waals surface area contributed by atoms with Gasteiger partial charge in [-0.2, -0.15) is 0 Å². The number of hydrogen-bond acceptors (Lipinski definition) is 8. The molecule has 0 fully saturated rings. The number of ether oxygens (including phenoxy) is 6. The number of rotatable bonds is 21. The molecule has 0 aliphatic carbocycles. The Morgan fingerprint density at radius 1 is 0.500 bits per heavy atom. The van der Waals surface area contributed by atoms with Crippen molar-refractivity contribution in [2.45, 2.75) is 25.4 Å². The normalized spacial score (nSPS) is 13.1. The first kappa shape index (κ1) is 28.4. The van der Waals surface area contributed by atoms with Gasteiger partial charge in [-0.15, -0.1) is 0 Å². The number of nitrogens with two attached hydrogens (primary N) is 2. The van der Waals surface area contributed by atoms with Crippen LogP contribution >= 0.6 is 0 Å². The van der Waals surface area contributed by atoms with Gasteiger partial charge < -0.3 is 39.9 Å². The van der Waals surface area contributed by atoms with Crippen LogP contribution in [0.5, 0.6) is 0 Å². The molecular formula is C26H40N2O6. The summed E-state index contributed by atoms with van der Waals surface area (Å²) in [6, 6.07) is 20.1. The lowest BCUT2D eigenvalue weighted by molar-refractivity contribution is -0.141. The van der Waals surface area contributed by atoms with Crippen LogP contribution in [0.15, 0.2) is 60.7 Å². The van der Waals surface area contributed by atoms with E-state index in [1.807, 2.05) is 60.7 Å². The van der Waals surface area contributed by atoms with Gasteiger partial charge in [-0.25, -0.2) is 0 Å². The van der Waals surface area contributed by atoms with Gasteiger partial charge >= 0.3 is 0 Å². The lowest BCUT2D eigenvalue weighted by Gasteiger charge is -2.27. The molecule has 0 radical (unpaired) electrons. The fourth-order valence-corrected chi connectivity index (χ4v) is 3.15. The average Bonchev–Trinajstić information content (AvgIpc) is 2.88. The molecule has 2 rings (SSSR count). The monoisotopic (exact) mass is 476 g/mol. The van der Waals surface area contributed by atoms with Crippen LogP contribution in [0, 0.1) is 0 Å². The maximum atomic E-state index is 6.11. The molecule has 0 aliphatic rings. The maximum Gasteiger partial charge on any atom is 0.109 e. The summed E-state index contributed by atoms with van der Waals surface area (Å²) in [5, 5.41) is 0. The summed E-state index contributed by atoms with van der Waals surface area (Å²) < 4.78 is 35.1. The summed E-state index contributed by atoms with van der Waals surface area (Å²) in [6.45, 7) is 5.34. The largest absolute Gasteiger partial charge is 0.378 e. The van der Waals surface area contributed by atoms with Crippen molar-refractivity contribution >= 4 is 0 Å². The predicted octanol–water partition coefficient (Wildman–Crippen LogP) is 2.14. The molecule has 34 heavy (non-hydrogen) atoms. The first-order valence-electron chi connectivity index (χ1n) is 11.9. The Labute approximate surface area is 203 Å². The second-order valence-corrected chi connectivity index (χ2v) is 7.62. The van der Waals surface area contributed by atoms with Gasteiger partial charge in [-0.05, 0) is 11.1 Å². The van der Waals surface area contributed by atoms with Crippen molar-refractivity contribution in [1.29, 1.82) is 0 Å². The summed E-state index contributed by atoms with van der Waals surface area (Å²) in [4.78, 5) is 0. The second-order valence-electron chi connectivity index (χ2n) is 7.62. The molecule has 0 saturated heterocycles. The molecule has 4 N–H and O–H groups in total. The Bertz CT molecular complexity index is 645. The van der Waals surface area contributed by atoms with Crippen molar-refractivity contribution in [2.24, 2.45) is 11.5 Å². The van der Waals surface area contributed by atoms with Crippen LogP contribution in [0.2, 0.25) is 0 Å². The quantitative estimate of drug-likeness (QED) is 0.264. The fourth-order valence-electron chi connectivity index (χ4n) is 3.15. The maximum absolute atomic E-state index is 6.11. The minimum absolute atomic E-state index is 0.338. The third-order valence-corrected chi connectivity index (χ3v) is 4.85. The molecule has 0 saturated carbocycles. The molecule has 0 heterocycles. The van der Waals surface area contributed by atoms with Crippen LogP contribution in [0.4, 0.5) is 0 Å². The van der Waals surface area contributed by atoms with Gasteiger partial charge in [0.05, 0.1) is 66.1 Å². The van der Waals surface area contributed by atoms with E-state index in [0.29, 0.717) is 79.2 Å². The molecule has 2 aromatic carbocycles. The Morgan fingerprint density at radius 2 is 0.912 bits per heavy atom. The van der Waals surface area contributed by atoms with E-state index >= 15 is 0 Å². The second kappa shape index (κ2) is 19.4. The van der Waals surface area contributed by atoms with E-state index in [1.54, 1.807) is 0 Å². The predicted molar refractivity (Wildman–Crippen MR) is 131 cm³/mol. The highest BCUT2D eigenvalue weighted by molar-refractivity contribution is 5.14. The van der Waals surface area contributed by atoms with Crippen molar-refractivity contribution in [1.82, 2.24) is 0 Å². The van der Waals surface area contributed by atoms with E-state index < -0.39 is 0 Å². The van der Waals surface area contributed by atoms with Crippen molar-refractivity contribution in [3.05, 3.63) is 71.8 Å². The highest BCUT2D eigenvalue weighted by atomic mass is 16.6. The van der Waals surface area contributed by atoms with Gasteiger partial charge in [-0.3, -0.25) is 0 Å². The van der Waals surface area contributed by atoms with Crippen molar-refractivity contribution in [2.75, 3.05) is 65.9 Å². The van der Waals surface area contributed by atoms with E-state index in [4.69, 9.17) is 39.9 Å². The summed E-state index contributed by atoms with van der Waals surface area (Å²) in [6.07, 6.45) is -0.675. The van der Waals surface area contributed by atoms with E-state index in [2.05, 4.69) is 0 Å². The molecule has 0 spiro atoms. The smallest absolute Gasteiger partial charge is 0.109 e. The Kier molecular flexibility index (Phi) is 16.2. The molecule has 0 aliphatic heterocycles. The summed E-state index contributed by atoms with van der Waals surface area (Å²) in [7, 11) is 0. The van der Waals surface area contributed by atoms with E-state index in [9.17, 15) is 0 Å². The van der Waals surface area contributed by atoms with E-state index in [-0.39, 0.29) is 12.2 Å². The minimum Gasteiger partial charge on any atom is -0.378 e. The van der Waals surface area contributed by atoms with Crippen LogP contribution in [-0.2, 0) is 41.6 Å². The SMILES string of the molecule is NCCOCCO[C@@H](COCc1ccccc1)[C@H](COCc1ccccc1)OCCOCCN. The third-order valence-electron chi connectivity index (χ3n) is 4.85. The van der Waals surface area contributed by atoms with Crippen molar-refractivity contribution in [3.63, 3.8) is 0 Å². The third kappa shape index (κ3) is 13.1. The standard InChI is InChI=1S/C26H40N2O6/c27-11-13-29-15-17-33-25(21-31-19-23-7-3-1-4-8-23)26(34-18-16-30-14-12-28)22-32-20-24-9-5-2-6-10-24/h1-10,25-26H,11-22,27-28H2/t25-,26-/m0/s1. The number of benzene rings is 2. The molecule has 2 aromatic rings. The molecule has 190 valence electrons. The van der Waals surface area contributed by atoms with Gasteiger partial charge in [0.2, 0.25) is 0 Å². The van der Waals surface area contributed by atoms with Gasteiger partial charge in [0.15, 0.2) is 0 Å². The summed E-state index contributed by atoms with van der Waals surface area (Å²) in [5.74, 6) is 0. The molecule has 8 heteroatoms. The molecule has 0 amide bonds. The first-order valence-corrected chi connectivity index (χ1v) is 11.9. The minimum atomic E-state index is -0.338. The Balaban J connectivity index is 1.93.